The second-order valence-corrected chi connectivity index (χ2v) is 6.99. The lowest BCUT2D eigenvalue weighted by atomic mass is 10.00. The minimum Gasteiger partial charge on any atom is -0.490 e. The maximum Gasteiger partial charge on any atom is 0.162 e. The van der Waals surface area contributed by atoms with E-state index < -0.39 is 0 Å². The average molecular weight is 308 g/mol. The first-order valence-corrected chi connectivity index (χ1v) is 8.48. The number of hydrogen-bond donors (Lipinski definition) is 1. The van der Waals surface area contributed by atoms with Crippen molar-refractivity contribution in [2.45, 2.75) is 38.1 Å². The Kier molecular flexibility index (Phi) is 3.50. The molecule has 0 aromatic heterocycles. The van der Waals surface area contributed by atoms with Gasteiger partial charge >= 0.3 is 0 Å². The summed E-state index contributed by atoms with van der Waals surface area (Å²) in [5.41, 5.74) is 7.58. The molecule has 21 heavy (non-hydrogen) atoms. The van der Waals surface area contributed by atoms with Gasteiger partial charge in [-0.2, -0.15) is 0 Å². The van der Waals surface area contributed by atoms with Gasteiger partial charge in [0.25, 0.3) is 0 Å². The zero-order valence-corrected chi connectivity index (χ0v) is 12.9. The molecule has 114 valence electrons. The summed E-state index contributed by atoms with van der Waals surface area (Å²) in [6.45, 7) is 1.37. The number of benzene rings is 1. The minimum atomic E-state index is 0.0303. The highest BCUT2D eigenvalue weighted by molar-refractivity contribution is 6.31. The fourth-order valence-electron chi connectivity index (χ4n) is 4.24. The van der Waals surface area contributed by atoms with E-state index in [1.807, 2.05) is 12.1 Å². The van der Waals surface area contributed by atoms with Gasteiger partial charge in [-0.1, -0.05) is 24.4 Å². The van der Waals surface area contributed by atoms with Crippen molar-refractivity contribution in [2.24, 2.45) is 23.5 Å². The van der Waals surface area contributed by atoms with E-state index in [0.29, 0.717) is 19.1 Å². The minimum absolute atomic E-state index is 0.0303. The highest BCUT2D eigenvalue weighted by Gasteiger charge is 2.53. The van der Waals surface area contributed by atoms with Crippen LogP contribution in [0.4, 0.5) is 0 Å². The van der Waals surface area contributed by atoms with E-state index in [9.17, 15) is 0 Å². The van der Waals surface area contributed by atoms with Gasteiger partial charge in [-0.15, -0.1) is 0 Å². The van der Waals surface area contributed by atoms with Crippen molar-refractivity contribution in [3.8, 4) is 11.5 Å². The summed E-state index contributed by atoms with van der Waals surface area (Å²) in [7, 11) is 0. The van der Waals surface area contributed by atoms with E-state index >= 15 is 0 Å². The molecule has 1 aromatic rings. The van der Waals surface area contributed by atoms with Crippen molar-refractivity contribution >= 4 is 11.6 Å². The number of ether oxygens (including phenoxy) is 2. The molecule has 1 aliphatic heterocycles. The Balaban J connectivity index is 1.61. The fourth-order valence-corrected chi connectivity index (χ4v) is 4.52. The van der Waals surface area contributed by atoms with Crippen LogP contribution in [-0.2, 0) is 0 Å². The van der Waals surface area contributed by atoms with Crippen molar-refractivity contribution in [3.05, 3.63) is 22.7 Å². The van der Waals surface area contributed by atoms with Crippen molar-refractivity contribution in [1.82, 2.24) is 0 Å². The van der Waals surface area contributed by atoms with Crippen molar-refractivity contribution in [1.29, 1.82) is 0 Å². The predicted molar refractivity (Wildman–Crippen MR) is 82.9 cm³/mol. The smallest absolute Gasteiger partial charge is 0.162 e. The summed E-state index contributed by atoms with van der Waals surface area (Å²) in [6, 6.07) is 3.92. The third kappa shape index (κ3) is 2.40. The molecule has 0 radical (unpaired) electrons. The van der Waals surface area contributed by atoms with Crippen molar-refractivity contribution < 1.29 is 9.47 Å². The van der Waals surface area contributed by atoms with Crippen molar-refractivity contribution in [2.75, 3.05) is 13.2 Å². The molecule has 3 nitrogen and oxygen atoms in total. The second-order valence-electron chi connectivity index (χ2n) is 6.59. The molecule has 1 heterocycles. The lowest BCUT2D eigenvalue weighted by molar-refractivity contribution is 0.297. The molecule has 2 saturated carbocycles. The van der Waals surface area contributed by atoms with E-state index in [2.05, 4.69) is 0 Å². The molecule has 3 aliphatic rings. The molecule has 4 heteroatoms. The molecule has 2 N–H and O–H groups in total. The molecule has 1 aromatic carbocycles. The molecule has 0 bridgehead atoms. The Morgan fingerprint density at radius 2 is 1.62 bits per heavy atom. The summed E-state index contributed by atoms with van der Waals surface area (Å²) in [5.74, 6) is 3.80. The van der Waals surface area contributed by atoms with E-state index in [1.54, 1.807) is 0 Å². The van der Waals surface area contributed by atoms with Crippen LogP contribution in [-0.4, -0.2) is 13.2 Å². The third-order valence-electron chi connectivity index (χ3n) is 5.36. The number of halogens is 1. The Morgan fingerprint density at radius 3 is 2.29 bits per heavy atom. The normalized spacial score (nSPS) is 32.0. The summed E-state index contributed by atoms with van der Waals surface area (Å²) in [6.07, 6.45) is 6.30. The zero-order chi connectivity index (χ0) is 14.4. The monoisotopic (exact) mass is 307 g/mol. The van der Waals surface area contributed by atoms with Gasteiger partial charge in [-0.25, -0.2) is 0 Å². The molecule has 3 unspecified atom stereocenters. The molecule has 4 rings (SSSR count). The van der Waals surface area contributed by atoms with Crippen LogP contribution in [0.1, 0.15) is 43.7 Å². The maximum atomic E-state index is 6.55. The summed E-state index contributed by atoms with van der Waals surface area (Å²) < 4.78 is 11.5. The van der Waals surface area contributed by atoms with Crippen LogP contribution in [0.2, 0.25) is 5.02 Å². The topological polar surface area (TPSA) is 44.5 Å². The van der Waals surface area contributed by atoms with Gasteiger partial charge in [0.2, 0.25) is 0 Å². The van der Waals surface area contributed by atoms with Gasteiger partial charge in [0.1, 0.15) is 0 Å². The number of hydrogen-bond acceptors (Lipinski definition) is 3. The highest BCUT2D eigenvalue weighted by atomic mass is 35.5. The molecule has 0 amide bonds. The largest absolute Gasteiger partial charge is 0.490 e. The molecular formula is C17H22ClNO2. The van der Waals surface area contributed by atoms with Crippen LogP contribution in [0.5, 0.6) is 11.5 Å². The Labute approximate surface area is 130 Å². The van der Waals surface area contributed by atoms with Gasteiger partial charge in [-0.05, 0) is 42.2 Å². The SMILES string of the molecule is NC(c1cc2c(cc1Cl)OCCCO2)C1C2CCCCC21. The number of nitrogens with two attached hydrogens (primary N) is 1. The van der Waals surface area contributed by atoms with Crippen LogP contribution in [0, 0.1) is 17.8 Å². The molecule has 3 atom stereocenters. The molecule has 0 spiro atoms. The standard InChI is InChI=1S/C17H22ClNO2/c18-13-9-15-14(20-6-3-7-21-15)8-12(13)17(19)16-10-4-1-2-5-11(10)16/h8-11,16-17H,1-7,19H2. The van der Waals surface area contributed by atoms with Crippen LogP contribution in [0.25, 0.3) is 0 Å². The lowest BCUT2D eigenvalue weighted by Gasteiger charge is -2.17. The Morgan fingerprint density at radius 1 is 1.00 bits per heavy atom. The fraction of sp³-hybridized carbons (Fsp3) is 0.647. The summed E-state index contributed by atoms with van der Waals surface area (Å²) in [4.78, 5) is 0. The van der Waals surface area contributed by atoms with Gasteiger partial charge in [0, 0.05) is 23.6 Å². The first kappa shape index (κ1) is 13.7. The van der Waals surface area contributed by atoms with Gasteiger partial charge < -0.3 is 15.2 Å². The lowest BCUT2D eigenvalue weighted by Crippen LogP contribution is -2.15. The zero-order valence-electron chi connectivity index (χ0n) is 12.2. The van der Waals surface area contributed by atoms with Crippen LogP contribution >= 0.6 is 11.6 Å². The highest BCUT2D eigenvalue weighted by Crippen LogP contribution is 2.60. The van der Waals surface area contributed by atoms with Gasteiger partial charge in [0.05, 0.1) is 13.2 Å². The molecular weight excluding hydrogens is 286 g/mol. The summed E-state index contributed by atoms with van der Waals surface area (Å²) >= 11 is 6.46. The number of rotatable bonds is 2. The van der Waals surface area contributed by atoms with Crippen LogP contribution < -0.4 is 15.2 Å². The molecule has 2 fully saturated rings. The van der Waals surface area contributed by atoms with E-state index in [0.717, 1.165) is 40.3 Å². The Hall–Kier alpha value is -0.930. The number of fused-ring (bicyclic) bond motifs is 2. The van der Waals surface area contributed by atoms with Gasteiger partial charge in [-0.3, -0.25) is 0 Å². The van der Waals surface area contributed by atoms with Gasteiger partial charge in [0.15, 0.2) is 11.5 Å². The molecule has 0 saturated heterocycles. The predicted octanol–water partition coefficient (Wildman–Crippen LogP) is 3.94. The maximum absolute atomic E-state index is 6.55. The quantitative estimate of drug-likeness (QED) is 0.900. The first-order chi connectivity index (χ1) is 10.3. The first-order valence-electron chi connectivity index (χ1n) is 8.10. The van der Waals surface area contributed by atoms with Crippen molar-refractivity contribution in [3.63, 3.8) is 0 Å². The van der Waals surface area contributed by atoms with E-state index in [4.69, 9.17) is 26.8 Å². The average Bonchev–Trinajstić information content (AvgIpc) is 3.25. The van der Waals surface area contributed by atoms with E-state index in [1.165, 1.54) is 25.7 Å². The second kappa shape index (κ2) is 5.36. The Bertz CT molecular complexity index is 536. The third-order valence-corrected chi connectivity index (χ3v) is 5.69. The van der Waals surface area contributed by atoms with Crippen LogP contribution in [0.15, 0.2) is 12.1 Å². The molecule has 2 aliphatic carbocycles. The summed E-state index contributed by atoms with van der Waals surface area (Å²) in [5, 5.41) is 0.718. The van der Waals surface area contributed by atoms with Crippen LogP contribution in [0.3, 0.4) is 0 Å². The van der Waals surface area contributed by atoms with E-state index in [-0.39, 0.29) is 6.04 Å².